The highest BCUT2D eigenvalue weighted by atomic mass is 16.7. The number of carbonyl (C=O) groups excluding carboxylic acids is 3. The molecule has 0 aromatic rings. The second-order valence-electron chi connectivity index (χ2n) is 9.96. The van der Waals surface area contributed by atoms with Crippen LogP contribution in [0.25, 0.3) is 0 Å². The van der Waals surface area contributed by atoms with E-state index >= 15 is 0 Å². The van der Waals surface area contributed by atoms with Crippen molar-refractivity contribution in [2.45, 2.75) is 105 Å². The van der Waals surface area contributed by atoms with Gasteiger partial charge in [-0.15, -0.1) is 0 Å². The molecular formula is C23H40O7. The van der Waals surface area contributed by atoms with Gasteiger partial charge in [0.15, 0.2) is 13.2 Å². The number of carbonyl (C=O) groups is 3. The molecule has 1 fully saturated rings. The lowest BCUT2D eigenvalue weighted by atomic mass is 9.76. The molecule has 0 spiro atoms. The molecule has 0 aliphatic heterocycles. The van der Waals surface area contributed by atoms with Crippen molar-refractivity contribution in [1.29, 1.82) is 0 Å². The lowest BCUT2D eigenvalue weighted by molar-refractivity contribution is -0.199. The Labute approximate surface area is 181 Å². The van der Waals surface area contributed by atoms with Crippen LogP contribution in [0.2, 0.25) is 0 Å². The zero-order valence-electron chi connectivity index (χ0n) is 19.6. The molecule has 0 saturated heterocycles. The highest BCUT2D eigenvalue weighted by Crippen LogP contribution is 2.34. The van der Waals surface area contributed by atoms with E-state index in [4.69, 9.17) is 18.9 Å². The summed E-state index contributed by atoms with van der Waals surface area (Å²) in [7, 11) is 0. The smallest absolute Gasteiger partial charge is 0.346 e. The normalized spacial score (nSPS) is 16.6. The summed E-state index contributed by atoms with van der Waals surface area (Å²) < 4.78 is 21.2. The van der Waals surface area contributed by atoms with Gasteiger partial charge < -0.3 is 18.9 Å². The predicted molar refractivity (Wildman–Crippen MR) is 113 cm³/mol. The summed E-state index contributed by atoms with van der Waals surface area (Å²) in [5.74, 6) is -1.93. The van der Waals surface area contributed by atoms with Crippen molar-refractivity contribution in [3.8, 4) is 0 Å². The molecule has 174 valence electrons. The molecule has 1 unspecified atom stereocenters. The van der Waals surface area contributed by atoms with Gasteiger partial charge in [0.2, 0.25) is 6.29 Å². The van der Waals surface area contributed by atoms with Crippen molar-refractivity contribution in [2.75, 3.05) is 13.2 Å². The average Bonchev–Trinajstić information content (AvgIpc) is 2.63. The zero-order valence-corrected chi connectivity index (χ0v) is 19.6. The molecule has 0 aromatic heterocycles. The van der Waals surface area contributed by atoms with E-state index in [-0.39, 0.29) is 11.5 Å². The van der Waals surface area contributed by atoms with Gasteiger partial charge in [0.1, 0.15) is 0 Å². The van der Waals surface area contributed by atoms with E-state index < -0.39 is 42.8 Å². The molecular weight excluding hydrogens is 388 g/mol. The minimum absolute atomic E-state index is 0.0541. The lowest BCUT2D eigenvalue weighted by Gasteiger charge is -2.30. The van der Waals surface area contributed by atoms with E-state index in [1.54, 1.807) is 13.8 Å². The molecule has 1 aliphatic rings. The SMILES string of the molecule is CCCC(OC(=O)COC(=O)COC(=O)C(C)(C)CC(C)(C)C)OC1CCCCC1. The molecule has 0 heterocycles. The highest BCUT2D eigenvalue weighted by molar-refractivity contribution is 5.81. The molecule has 1 saturated carbocycles. The van der Waals surface area contributed by atoms with Crippen LogP contribution in [-0.2, 0) is 33.3 Å². The van der Waals surface area contributed by atoms with Crippen LogP contribution in [0.5, 0.6) is 0 Å². The van der Waals surface area contributed by atoms with Crippen molar-refractivity contribution in [3.05, 3.63) is 0 Å². The van der Waals surface area contributed by atoms with Crippen LogP contribution in [0.1, 0.15) is 92.9 Å². The highest BCUT2D eigenvalue weighted by Gasteiger charge is 2.34. The quantitative estimate of drug-likeness (QED) is 0.271. The summed E-state index contributed by atoms with van der Waals surface area (Å²) in [6.45, 7) is 10.6. The average molecular weight is 429 g/mol. The largest absolute Gasteiger partial charge is 0.453 e. The van der Waals surface area contributed by atoms with Crippen molar-refractivity contribution in [2.24, 2.45) is 10.8 Å². The summed E-state index contributed by atoms with van der Waals surface area (Å²) in [5.41, 5.74) is -0.775. The minimum atomic E-state index is -0.785. The Kier molecular flexibility index (Phi) is 10.8. The van der Waals surface area contributed by atoms with E-state index in [1.807, 2.05) is 27.7 Å². The molecule has 1 rings (SSSR count). The van der Waals surface area contributed by atoms with Crippen LogP contribution in [0.4, 0.5) is 0 Å². The summed E-state index contributed by atoms with van der Waals surface area (Å²) in [5, 5.41) is 0. The maximum atomic E-state index is 12.3. The first-order chi connectivity index (χ1) is 13.9. The molecule has 0 amide bonds. The molecule has 7 nitrogen and oxygen atoms in total. The third kappa shape index (κ3) is 11.0. The van der Waals surface area contributed by atoms with E-state index in [0.29, 0.717) is 12.8 Å². The Morgan fingerprint density at radius 1 is 0.900 bits per heavy atom. The van der Waals surface area contributed by atoms with Gasteiger partial charge in [-0.25, -0.2) is 9.59 Å². The molecule has 0 bridgehead atoms. The minimum Gasteiger partial charge on any atom is -0.453 e. The van der Waals surface area contributed by atoms with E-state index in [9.17, 15) is 14.4 Å². The maximum absolute atomic E-state index is 12.3. The summed E-state index contributed by atoms with van der Waals surface area (Å²) in [4.78, 5) is 36.1. The Balaban J connectivity index is 2.36. The molecule has 0 radical (unpaired) electrons. The summed E-state index contributed by atoms with van der Waals surface area (Å²) in [6, 6.07) is 0. The number of ether oxygens (including phenoxy) is 4. The molecule has 7 heteroatoms. The first kappa shape index (κ1) is 26.4. The van der Waals surface area contributed by atoms with Crippen molar-refractivity contribution in [1.82, 2.24) is 0 Å². The van der Waals surface area contributed by atoms with Crippen LogP contribution < -0.4 is 0 Å². The van der Waals surface area contributed by atoms with Gasteiger partial charge in [0, 0.05) is 6.42 Å². The second-order valence-corrected chi connectivity index (χ2v) is 9.96. The lowest BCUT2D eigenvalue weighted by Crippen LogP contribution is -2.33. The molecule has 0 N–H and O–H groups in total. The van der Waals surface area contributed by atoms with Gasteiger partial charge in [0.25, 0.3) is 0 Å². The van der Waals surface area contributed by atoms with Crippen LogP contribution in [0.3, 0.4) is 0 Å². The van der Waals surface area contributed by atoms with E-state index in [0.717, 1.165) is 32.1 Å². The van der Waals surface area contributed by atoms with Crippen molar-refractivity contribution >= 4 is 17.9 Å². The van der Waals surface area contributed by atoms with Gasteiger partial charge in [-0.3, -0.25) is 4.79 Å². The molecule has 30 heavy (non-hydrogen) atoms. The number of esters is 3. The second kappa shape index (κ2) is 12.3. The fraction of sp³-hybridized carbons (Fsp3) is 0.870. The van der Waals surface area contributed by atoms with Crippen LogP contribution >= 0.6 is 0 Å². The van der Waals surface area contributed by atoms with Crippen molar-refractivity contribution < 1.29 is 33.3 Å². The standard InChI is InChI=1S/C23H40O7/c1-7-11-20(29-17-12-9-8-10-13-17)30-19(25)15-27-18(24)14-28-21(26)23(5,6)16-22(2,3)4/h17,20H,7-16H2,1-6H3. The predicted octanol–water partition coefficient (Wildman–Crippen LogP) is 4.55. The molecule has 1 atom stereocenters. The fourth-order valence-corrected chi connectivity index (χ4v) is 3.89. The van der Waals surface area contributed by atoms with Crippen LogP contribution in [0, 0.1) is 10.8 Å². The third-order valence-corrected chi connectivity index (χ3v) is 4.88. The van der Waals surface area contributed by atoms with E-state index in [1.165, 1.54) is 6.42 Å². The van der Waals surface area contributed by atoms with E-state index in [2.05, 4.69) is 0 Å². The first-order valence-electron chi connectivity index (χ1n) is 11.1. The van der Waals surface area contributed by atoms with Crippen LogP contribution in [-0.4, -0.2) is 43.5 Å². The van der Waals surface area contributed by atoms with Gasteiger partial charge in [0.05, 0.1) is 11.5 Å². The van der Waals surface area contributed by atoms with Gasteiger partial charge in [-0.2, -0.15) is 0 Å². The van der Waals surface area contributed by atoms with Gasteiger partial charge in [-0.1, -0.05) is 53.4 Å². The third-order valence-electron chi connectivity index (χ3n) is 4.88. The number of hydrogen-bond donors (Lipinski definition) is 0. The summed E-state index contributed by atoms with van der Waals surface area (Å²) in [6.07, 6.45) is 6.92. The Bertz CT molecular complexity index is 556. The molecule has 0 aromatic carbocycles. The monoisotopic (exact) mass is 428 g/mol. The summed E-state index contributed by atoms with van der Waals surface area (Å²) >= 11 is 0. The molecule has 1 aliphatic carbocycles. The Morgan fingerprint density at radius 2 is 1.50 bits per heavy atom. The first-order valence-corrected chi connectivity index (χ1v) is 11.1. The Hall–Kier alpha value is -1.63. The zero-order chi connectivity index (χ0) is 22.8. The van der Waals surface area contributed by atoms with Gasteiger partial charge >= 0.3 is 17.9 Å². The fourth-order valence-electron chi connectivity index (χ4n) is 3.89. The van der Waals surface area contributed by atoms with Gasteiger partial charge in [-0.05, 0) is 38.5 Å². The van der Waals surface area contributed by atoms with Crippen LogP contribution in [0.15, 0.2) is 0 Å². The maximum Gasteiger partial charge on any atom is 0.346 e. The Morgan fingerprint density at radius 3 is 2.07 bits per heavy atom. The number of hydrogen-bond acceptors (Lipinski definition) is 7. The number of rotatable bonds is 11. The van der Waals surface area contributed by atoms with Crippen molar-refractivity contribution in [3.63, 3.8) is 0 Å². The topological polar surface area (TPSA) is 88.1 Å².